The number of carbonyl (C=O) groups is 2. The van der Waals surface area contributed by atoms with Crippen LogP contribution >= 0.6 is 0 Å². The maximum absolute atomic E-state index is 12.1. The molecule has 1 rings (SSSR count). The summed E-state index contributed by atoms with van der Waals surface area (Å²) in [6.07, 6.45) is 0. The highest BCUT2D eigenvalue weighted by atomic mass is 16.2. The number of urea groups is 1. The van der Waals surface area contributed by atoms with Crippen molar-refractivity contribution in [2.75, 3.05) is 45.8 Å². The third-order valence-electron chi connectivity index (χ3n) is 2.75. The van der Waals surface area contributed by atoms with E-state index < -0.39 is 0 Å². The molecule has 0 aromatic heterocycles. The summed E-state index contributed by atoms with van der Waals surface area (Å²) in [5.41, 5.74) is 0. The molecule has 1 saturated heterocycles. The van der Waals surface area contributed by atoms with E-state index in [1.807, 2.05) is 13.8 Å². The Morgan fingerprint density at radius 1 is 1.29 bits per heavy atom. The van der Waals surface area contributed by atoms with Crippen LogP contribution in [0.1, 0.15) is 13.8 Å². The first-order chi connectivity index (χ1) is 8.19. The van der Waals surface area contributed by atoms with Crippen LogP contribution in [0.2, 0.25) is 0 Å². The molecule has 0 radical (unpaired) electrons. The van der Waals surface area contributed by atoms with Crippen molar-refractivity contribution >= 4 is 11.9 Å². The minimum atomic E-state index is -0.0992. The minimum absolute atomic E-state index is 0.0414. The van der Waals surface area contributed by atoms with Gasteiger partial charge in [-0.3, -0.25) is 4.79 Å². The zero-order valence-corrected chi connectivity index (χ0v) is 10.7. The number of rotatable bonds is 4. The molecule has 1 fully saturated rings. The van der Waals surface area contributed by atoms with Gasteiger partial charge in [-0.15, -0.1) is 0 Å². The Labute approximate surface area is 102 Å². The van der Waals surface area contributed by atoms with Crippen LogP contribution in [-0.2, 0) is 4.79 Å². The van der Waals surface area contributed by atoms with E-state index in [-0.39, 0.29) is 18.5 Å². The van der Waals surface area contributed by atoms with E-state index in [4.69, 9.17) is 0 Å². The van der Waals surface area contributed by atoms with Crippen LogP contribution in [0.4, 0.5) is 4.79 Å². The Hall–Kier alpha value is -1.30. The molecule has 6 heteroatoms. The van der Waals surface area contributed by atoms with Crippen molar-refractivity contribution in [2.24, 2.45) is 0 Å². The number of carbonyl (C=O) groups excluding carboxylic acids is 2. The summed E-state index contributed by atoms with van der Waals surface area (Å²) in [6.45, 7) is 8.13. The van der Waals surface area contributed by atoms with Crippen molar-refractivity contribution in [1.29, 1.82) is 0 Å². The fourth-order valence-corrected chi connectivity index (χ4v) is 1.80. The molecule has 1 aliphatic heterocycles. The molecule has 0 spiro atoms. The molecular formula is C11H22N4O2. The SMILES string of the molecule is CCNC(=O)CN(CC)C(=O)N1CCNCC1. The monoisotopic (exact) mass is 242 g/mol. The molecule has 6 nitrogen and oxygen atoms in total. The van der Waals surface area contributed by atoms with Gasteiger partial charge in [0.1, 0.15) is 6.54 Å². The number of hydrogen-bond acceptors (Lipinski definition) is 3. The first-order valence-electron chi connectivity index (χ1n) is 6.20. The molecule has 3 amide bonds. The summed E-state index contributed by atoms with van der Waals surface area (Å²) in [5.74, 6) is -0.0992. The predicted octanol–water partition coefficient (Wildman–Crippen LogP) is -0.530. The molecule has 2 N–H and O–H groups in total. The van der Waals surface area contributed by atoms with E-state index in [2.05, 4.69) is 10.6 Å². The van der Waals surface area contributed by atoms with E-state index >= 15 is 0 Å². The zero-order chi connectivity index (χ0) is 12.7. The summed E-state index contributed by atoms with van der Waals surface area (Å²) in [5, 5.41) is 5.90. The van der Waals surface area contributed by atoms with E-state index in [0.29, 0.717) is 26.2 Å². The largest absolute Gasteiger partial charge is 0.355 e. The fraction of sp³-hybridized carbons (Fsp3) is 0.818. The van der Waals surface area contributed by atoms with Gasteiger partial charge in [0.05, 0.1) is 0 Å². The predicted molar refractivity (Wildman–Crippen MR) is 65.8 cm³/mol. The van der Waals surface area contributed by atoms with E-state index in [1.165, 1.54) is 0 Å². The zero-order valence-electron chi connectivity index (χ0n) is 10.7. The molecule has 98 valence electrons. The van der Waals surface area contributed by atoms with Crippen molar-refractivity contribution < 1.29 is 9.59 Å². The third-order valence-corrected chi connectivity index (χ3v) is 2.75. The van der Waals surface area contributed by atoms with Crippen LogP contribution in [0.3, 0.4) is 0 Å². The lowest BCUT2D eigenvalue weighted by Crippen LogP contribution is -2.53. The number of amides is 3. The average molecular weight is 242 g/mol. The summed E-state index contributed by atoms with van der Waals surface area (Å²) in [4.78, 5) is 26.9. The van der Waals surface area contributed by atoms with E-state index in [9.17, 15) is 9.59 Å². The number of hydrogen-bond donors (Lipinski definition) is 2. The first kappa shape index (κ1) is 13.8. The fourth-order valence-electron chi connectivity index (χ4n) is 1.80. The van der Waals surface area contributed by atoms with E-state index in [0.717, 1.165) is 13.1 Å². The molecule has 0 atom stereocenters. The summed E-state index contributed by atoms with van der Waals surface area (Å²) in [7, 11) is 0. The molecule has 0 aromatic carbocycles. The van der Waals surface area contributed by atoms with Gasteiger partial charge in [-0.2, -0.15) is 0 Å². The first-order valence-corrected chi connectivity index (χ1v) is 6.20. The molecule has 0 bridgehead atoms. The van der Waals surface area contributed by atoms with Gasteiger partial charge in [0.15, 0.2) is 0 Å². The molecule has 1 aliphatic rings. The average Bonchev–Trinajstić information content (AvgIpc) is 2.36. The van der Waals surface area contributed by atoms with Crippen LogP contribution < -0.4 is 10.6 Å². The van der Waals surface area contributed by atoms with Crippen LogP contribution in [0.5, 0.6) is 0 Å². The topological polar surface area (TPSA) is 64.7 Å². The summed E-state index contributed by atoms with van der Waals surface area (Å²) < 4.78 is 0. The molecule has 17 heavy (non-hydrogen) atoms. The minimum Gasteiger partial charge on any atom is -0.355 e. The van der Waals surface area contributed by atoms with Gasteiger partial charge in [0, 0.05) is 39.3 Å². The maximum Gasteiger partial charge on any atom is 0.320 e. The highest BCUT2D eigenvalue weighted by Crippen LogP contribution is 2.00. The van der Waals surface area contributed by atoms with Gasteiger partial charge in [0.2, 0.25) is 5.91 Å². The number of nitrogens with one attached hydrogen (secondary N) is 2. The highest BCUT2D eigenvalue weighted by molar-refractivity contribution is 5.84. The number of nitrogens with zero attached hydrogens (tertiary/aromatic N) is 2. The van der Waals surface area contributed by atoms with Crippen molar-refractivity contribution in [1.82, 2.24) is 20.4 Å². The summed E-state index contributed by atoms with van der Waals surface area (Å²) in [6, 6.07) is -0.0414. The molecule has 0 unspecified atom stereocenters. The Kier molecular flexibility index (Phi) is 5.76. The molecule has 0 aliphatic carbocycles. The van der Waals surface area contributed by atoms with Crippen LogP contribution in [0, 0.1) is 0 Å². The normalized spacial score (nSPS) is 15.5. The van der Waals surface area contributed by atoms with Crippen molar-refractivity contribution in [3.05, 3.63) is 0 Å². The number of piperazine rings is 1. The second-order valence-electron chi connectivity index (χ2n) is 3.99. The second kappa shape index (κ2) is 7.11. The van der Waals surface area contributed by atoms with Gasteiger partial charge in [-0.1, -0.05) is 0 Å². The lowest BCUT2D eigenvalue weighted by molar-refractivity contribution is -0.121. The Morgan fingerprint density at radius 2 is 1.94 bits per heavy atom. The van der Waals surface area contributed by atoms with Crippen molar-refractivity contribution in [3.63, 3.8) is 0 Å². The van der Waals surface area contributed by atoms with Crippen LogP contribution in [0.25, 0.3) is 0 Å². The Balaban J connectivity index is 2.47. The van der Waals surface area contributed by atoms with Crippen LogP contribution in [0.15, 0.2) is 0 Å². The third kappa shape index (κ3) is 4.22. The molecule has 1 heterocycles. The maximum atomic E-state index is 12.1. The lowest BCUT2D eigenvalue weighted by Gasteiger charge is -2.32. The summed E-state index contributed by atoms with van der Waals surface area (Å²) >= 11 is 0. The van der Waals surface area contributed by atoms with Gasteiger partial charge in [-0.05, 0) is 13.8 Å². The molecule has 0 aromatic rings. The second-order valence-corrected chi connectivity index (χ2v) is 3.99. The van der Waals surface area contributed by atoms with Gasteiger partial charge in [0.25, 0.3) is 0 Å². The van der Waals surface area contributed by atoms with Gasteiger partial charge >= 0.3 is 6.03 Å². The van der Waals surface area contributed by atoms with E-state index in [1.54, 1.807) is 9.80 Å². The quantitative estimate of drug-likeness (QED) is 0.696. The molecule has 0 saturated carbocycles. The highest BCUT2D eigenvalue weighted by Gasteiger charge is 2.22. The van der Waals surface area contributed by atoms with Gasteiger partial charge in [-0.25, -0.2) is 4.79 Å². The number of likely N-dealkylation sites (N-methyl/N-ethyl adjacent to an activating group) is 2. The molecular weight excluding hydrogens is 220 g/mol. The van der Waals surface area contributed by atoms with Crippen molar-refractivity contribution in [2.45, 2.75) is 13.8 Å². The standard InChI is InChI=1S/C11H22N4O2/c1-3-13-10(16)9-14(4-2)11(17)15-7-5-12-6-8-15/h12H,3-9H2,1-2H3,(H,13,16). The Morgan fingerprint density at radius 3 is 2.47 bits per heavy atom. The van der Waals surface area contributed by atoms with Gasteiger partial charge < -0.3 is 20.4 Å². The lowest BCUT2D eigenvalue weighted by atomic mass is 10.3. The smallest absolute Gasteiger partial charge is 0.320 e. The van der Waals surface area contributed by atoms with Crippen LogP contribution in [-0.4, -0.2) is 67.6 Å². The Bertz CT molecular complexity index is 264. The van der Waals surface area contributed by atoms with Crippen molar-refractivity contribution in [3.8, 4) is 0 Å².